The molecule has 32 heavy (non-hydrogen) atoms. The van der Waals surface area contributed by atoms with Crippen LogP contribution in [-0.4, -0.2) is 45.1 Å². The number of aromatic nitrogens is 3. The van der Waals surface area contributed by atoms with Gasteiger partial charge in [0.25, 0.3) is 5.91 Å². The zero-order valence-electron chi connectivity index (χ0n) is 18.3. The predicted octanol–water partition coefficient (Wildman–Crippen LogP) is 3.76. The number of nitrogens with one attached hydrogen (secondary N) is 1. The van der Waals surface area contributed by atoms with Crippen molar-refractivity contribution >= 4 is 34.4 Å². The van der Waals surface area contributed by atoms with Crippen LogP contribution in [0.3, 0.4) is 0 Å². The molecule has 0 radical (unpaired) electrons. The van der Waals surface area contributed by atoms with E-state index in [1.807, 2.05) is 36.2 Å². The molecule has 1 atom stereocenters. The summed E-state index contributed by atoms with van der Waals surface area (Å²) in [4.78, 5) is 32.8. The van der Waals surface area contributed by atoms with E-state index in [1.54, 1.807) is 17.8 Å². The molecule has 5 rings (SSSR count). The number of hydrogen-bond donors (Lipinski definition) is 1. The lowest BCUT2D eigenvalue weighted by atomic mass is 10.0. The zero-order valence-corrected chi connectivity index (χ0v) is 19.0. The fourth-order valence-corrected chi connectivity index (χ4v) is 4.92. The van der Waals surface area contributed by atoms with Gasteiger partial charge in [-0.1, -0.05) is 23.7 Å². The number of halogens is 1. The maximum absolute atomic E-state index is 13.2. The fourth-order valence-electron chi connectivity index (χ4n) is 4.70. The van der Waals surface area contributed by atoms with Crippen molar-refractivity contribution in [3.63, 3.8) is 0 Å². The number of amides is 2. The van der Waals surface area contributed by atoms with Crippen LogP contribution in [0.25, 0.3) is 11.0 Å². The Hall–Kier alpha value is -2.93. The Morgan fingerprint density at radius 2 is 2.03 bits per heavy atom. The largest absolute Gasteiger partial charge is 0.355 e. The van der Waals surface area contributed by atoms with E-state index >= 15 is 0 Å². The predicted molar refractivity (Wildman–Crippen MR) is 123 cm³/mol. The zero-order chi connectivity index (χ0) is 22.4. The number of carbonyl (C=O) groups excluding carboxylic acids is 2. The van der Waals surface area contributed by atoms with Gasteiger partial charge in [0.1, 0.15) is 0 Å². The molecule has 0 spiro atoms. The van der Waals surface area contributed by atoms with Gasteiger partial charge >= 0.3 is 0 Å². The van der Waals surface area contributed by atoms with Crippen LogP contribution in [0.2, 0.25) is 5.02 Å². The molecule has 2 fully saturated rings. The van der Waals surface area contributed by atoms with Crippen LogP contribution in [0.1, 0.15) is 65.0 Å². The van der Waals surface area contributed by atoms with Crippen LogP contribution in [0.15, 0.2) is 30.3 Å². The number of aryl methyl sites for hydroxylation is 1. The van der Waals surface area contributed by atoms with Crippen LogP contribution in [0, 0.1) is 0 Å². The van der Waals surface area contributed by atoms with Crippen molar-refractivity contribution in [1.82, 2.24) is 25.0 Å². The van der Waals surface area contributed by atoms with Crippen molar-refractivity contribution in [2.45, 2.75) is 44.1 Å². The second-order valence-electron chi connectivity index (χ2n) is 8.71. The van der Waals surface area contributed by atoms with Crippen LogP contribution in [-0.2, 0) is 18.3 Å². The summed E-state index contributed by atoms with van der Waals surface area (Å²) in [6.07, 6.45) is 4.20. The Morgan fingerprint density at radius 1 is 1.22 bits per heavy atom. The minimum absolute atomic E-state index is 0.0395. The molecule has 1 saturated carbocycles. The minimum atomic E-state index is -0.178. The average molecular weight is 452 g/mol. The van der Waals surface area contributed by atoms with Gasteiger partial charge in [-0.15, -0.1) is 0 Å². The summed E-state index contributed by atoms with van der Waals surface area (Å²) in [6.45, 7) is 0.672. The molecule has 2 amide bonds. The van der Waals surface area contributed by atoms with Gasteiger partial charge in [0.05, 0.1) is 29.1 Å². The molecule has 1 unspecified atom stereocenters. The molecule has 2 aliphatic rings. The van der Waals surface area contributed by atoms with Gasteiger partial charge in [-0.2, -0.15) is 5.10 Å². The Morgan fingerprint density at radius 3 is 2.75 bits per heavy atom. The highest BCUT2D eigenvalue weighted by Crippen LogP contribution is 2.42. The maximum Gasteiger partial charge on any atom is 0.251 e. The molecule has 1 aromatic carbocycles. The summed E-state index contributed by atoms with van der Waals surface area (Å²) in [5, 5.41) is 8.92. The van der Waals surface area contributed by atoms with Gasteiger partial charge in [-0.05, 0) is 49.4 Å². The number of fused-ring (bicyclic) bond motifs is 1. The van der Waals surface area contributed by atoms with E-state index in [0.717, 1.165) is 48.0 Å². The maximum atomic E-state index is 13.2. The Bertz CT molecular complexity index is 1220. The number of carbonyl (C=O) groups is 2. The summed E-state index contributed by atoms with van der Waals surface area (Å²) in [7, 11) is 3.49. The minimum Gasteiger partial charge on any atom is -0.355 e. The highest BCUT2D eigenvalue weighted by Gasteiger charge is 2.36. The van der Waals surface area contributed by atoms with Crippen molar-refractivity contribution in [1.29, 1.82) is 0 Å². The van der Waals surface area contributed by atoms with Crippen LogP contribution >= 0.6 is 11.6 Å². The number of benzene rings is 1. The molecule has 8 heteroatoms. The van der Waals surface area contributed by atoms with Crippen molar-refractivity contribution in [3.8, 4) is 0 Å². The smallest absolute Gasteiger partial charge is 0.251 e. The summed E-state index contributed by atoms with van der Waals surface area (Å²) in [5.41, 5.74) is 3.90. The Labute approximate surface area is 191 Å². The third-order valence-corrected chi connectivity index (χ3v) is 6.68. The molecule has 166 valence electrons. The van der Waals surface area contributed by atoms with E-state index in [1.165, 1.54) is 0 Å². The van der Waals surface area contributed by atoms with Crippen LogP contribution < -0.4 is 5.32 Å². The molecule has 1 aliphatic carbocycles. The third kappa shape index (κ3) is 3.75. The van der Waals surface area contributed by atoms with E-state index < -0.39 is 0 Å². The number of pyridine rings is 1. The molecule has 2 aromatic heterocycles. The topological polar surface area (TPSA) is 80.1 Å². The molecular weight excluding hydrogens is 426 g/mol. The average Bonchev–Trinajstić information content (AvgIpc) is 3.42. The SMILES string of the molecule is CNC(=O)c1cc(C2CC2)nc2c1c(C1CCCN1C(=O)Cc1cccc(Cl)c1)nn2C. The number of hydrogen-bond acceptors (Lipinski definition) is 4. The summed E-state index contributed by atoms with van der Waals surface area (Å²) in [5.74, 6) is 0.310. The van der Waals surface area contributed by atoms with Gasteiger partial charge in [-0.3, -0.25) is 14.3 Å². The van der Waals surface area contributed by atoms with Gasteiger partial charge in [0, 0.05) is 37.3 Å². The van der Waals surface area contributed by atoms with Crippen LogP contribution in [0.5, 0.6) is 0 Å². The lowest BCUT2D eigenvalue weighted by molar-refractivity contribution is -0.131. The highest BCUT2D eigenvalue weighted by atomic mass is 35.5. The molecule has 3 heterocycles. The van der Waals surface area contributed by atoms with Gasteiger partial charge < -0.3 is 10.2 Å². The monoisotopic (exact) mass is 451 g/mol. The highest BCUT2D eigenvalue weighted by molar-refractivity contribution is 6.30. The molecule has 1 N–H and O–H groups in total. The summed E-state index contributed by atoms with van der Waals surface area (Å²) >= 11 is 6.10. The third-order valence-electron chi connectivity index (χ3n) is 6.44. The summed E-state index contributed by atoms with van der Waals surface area (Å²) in [6, 6.07) is 9.14. The van der Waals surface area contributed by atoms with Gasteiger partial charge in [0.2, 0.25) is 5.91 Å². The van der Waals surface area contributed by atoms with Gasteiger partial charge in [0.15, 0.2) is 5.65 Å². The van der Waals surface area contributed by atoms with Crippen molar-refractivity contribution in [2.75, 3.05) is 13.6 Å². The van der Waals surface area contributed by atoms with E-state index in [2.05, 4.69) is 5.32 Å². The molecule has 7 nitrogen and oxygen atoms in total. The number of rotatable bonds is 5. The first-order valence-corrected chi connectivity index (χ1v) is 11.5. The van der Waals surface area contributed by atoms with E-state index in [0.29, 0.717) is 28.7 Å². The lowest BCUT2D eigenvalue weighted by Crippen LogP contribution is -2.32. The molecule has 3 aromatic rings. The Kier molecular flexibility index (Phi) is 5.37. The quantitative estimate of drug-likeness (QED) is 0.640. The second kappa shape index (κ2) is 8.20. The van der Waals surface area contributed by atoms with E-state index in [9.17, 15) is 9.59 Å². The first kappa shape index (κ1) is 20.9. The van der Waals surface area contributed by atoms with E-state index in [4.69, 9.17) is 21.7 Å². The number of likely N-dealkylation sites (tertiary alicyclic amines) is 1. The van der Waals surface area contributed by atoms with Crippen molar-refractivity contribution < 1.29 is 9.59 Å². The normalized spacial score (nSPS) is 18.3. The second-order valence-corrected chi connectivity index (χ2v) is 9.14. The first-order valence-electron chi connectivity index (χ1n) is 11.1. The Balaban J connectivity index is 1.54. The van der Waals surface area contributed by atoms with Crippen molar-refractivity contribution in [3.05, 3.63) is 57.9 Å². The molecule has 0 bridgehead atoms. The standard InChI is InChI=1S/C24H26ClN5O2/c1-26-24(32)17-13-18(15-8-9-15)27-23-21(17)22(28-29(23)2)19-7-4-10-30(19)20(31)12-14-5-3-6-16(25)11-14/h3,5-6,11,13,15,19H,4,7-10,12H2,1-2H3,(H,26,32). The lowest BCUT2D eigenvalue weighted by Gasteiger charge is -2.24. The number of nitrogens with zero attached hydrogens (tertiary/aromatic N) is 4. The first-order chi connectivity index (χ1) is 15.5. The van der Waals surface area contributed by atoms with E-state index in [-0.39, 0.29) is 24.3 Å². The summed E-state index contributed by atoms with van der Waals surface area (Å²) < 4.78 is 1.75. The van der Waals surface area contributed by atoms with Gasteiger partial charge in [-0.25, -0.2) is 4.98 Å². The molecule has 1 saturated heterocycles. The molecular formula is C24H26ClN5O2. The van der Waals surface area contributed by atoms with Crippen LogP contribution in [0.4, 0.5) is 0 Å². The molecule has 1 aliphatic heterocycles. The van der Waals surface area contributed by atoms with Crippen molar-refractivity contribution in [2.24, 2.45) is 7.05 Å². The fraction of sp³-hybridized carbons (Fsp3) is 0.417.